The van der Waals surface area contributed by atoms with Crippen LogP contribution in [0.15, 0.2) is 53.7 Å². The van der Waals surface area contributed by atoms with Crippen LogP contribution >= 0.6 is 24.0 Å². The molecule has 29 heavy (non-hydrogen) atoms. The Kier molecular flexibility index (Phi) is 7.50. The first kappa shape index (κ1) is 23.0. The fraction of sp³-hybridized carbons (Fsp3) is 0.300. The lowest BCUT2D eigenvalue weighted by atomic mass is 10.1. The van der Waals surface area contributed by atoms with E-state index in [9.17, 15) is 13.2 Å². The smallest absolute Gasteiger partial charge is 0.351 e. The highest BCUT2D eigenvalue weighted by Crippen LogP contribution is 2.30. The lowest BCUT2D eigenvalue weighted by Gasteiger charge is -2.19. The number of fused-ring (bicyclic) bond motifs is 1. The van der Waals surface area contributed by atoms with E-state index in [1.54, 1.807) is 20.0 Å². The van der Waals surface area contributed by atoms with Crippen molar-refractivity contribution in [3.63, 3.8) is 0 Å². The van der Waals surface area contributed by atoms with Gasteiger partial charge in [-0.05, 0) is 43.7 Å². The van der Waals surface area contributed by atoms with Gasteiger partial charge in [-0.2, -0.15) is 13.2 Å². The fourth-order valence-electron chi connectivity index (χ4n) is 2.93. The number of rotatable bonds is 4. The van der Waals surface area contributed by atoms with Crippen LogP contribution in [-0.4, -0.2) is 22.4 Å². The molecule has 0 fully saturated rings. The predicted molar refractivity (Wildman–Crippen MR) is 119 cm³/mol. The van der Waals surface area contributed by atoms with Crippen LogP contribution in [0.25, 0.3) is 5.65 Å². The number of aryl methyl sites for hydroxylation is 1. The van der Waals surface area contributed by atoms with Gasteiger partial charge < -0.3 is 15.0 Å². The Labute approximate surface area is 184 Å². The molecule has 0 aliphatic carbocycles. The number of aromatic nitrogens is 2. The maximum absolute atomic E-state index is 12.9. The first-order valence-corrected chi connectivity index (χ1v) is 8.86. The molecule has 1 atom stereocenters. The Hall–Kier alpha value is -2.30. The molecule has 0 spiro atoms. The van der Waals surface area contributed by atoms with Gasteiger partial charge in [-0.3, -0.25) is 4.99 Å². The van der Waals surface area contributed by atoms with E-state index in [0.717, 1.165) is 29.2 Å². The molecule has 0 saturated heterocycles. The topological polar surface area (TPSA) is 53.7 Å². The van der Waals surface area contributed by atoms with E-state index in [2.05, 4.69) is 20.6 Å². The van der Waals surface area contributed by atoms with Crippen LogP contribution in [0.1, 0.15) is 35.5 Å². The number of alkyl halides is 3. The summed E-state index contributed by atoms with van der Waals surface area (Å²) in [7, 11) is 1.61. The number of halogens is 4. The zero-order chi connectivity index (χ0) is 20.3. The molecular formula is C20H23F3IN5. The van der Waals surface area contributed by atoms with Crippen molar-refractivity contribution >= 4 is 35.6 Å². The standard InChI is InChI=1S/C20H22F3N5.HI/c1-13-6-4-9-18-27-17(12-28(13)18)11-25-19(24-3)26-14(2)15-7-5-8-16(10-15)20(21,22)23;/h4-10,12,14H,11H2,1-3H3,(H2,24,25,26);1H. The summed E-state index contributed by atoms with van der Waals surface area (Å²) in [6, 6.07) is 10.8. The second kappa shape index (κ2) is 9.47. The molecule has 0 bridgehead atoms. The van der Waals surface area contributed by atoms with E-state index in [1.165, 1.54) is 6.07 Å². The second-order valence-electron chi connectivity index (χ2n) is 6.54. The quantitative estimate of drug-likeness (QED) is 0.300. The number of pyridine rings is 1. The highest BCUT2D eigenvalue weighted by molar-refractivity contribution is 14.0. The Morgan fingerprint density at radius 1 is 1.21 bits per heavy atom. The Balaban J connectivity index is 0.00000300. The molecular weight excluding hydrogens is 494 g/mol. The number of nitrogens with zero attached hydrogens (tertiary/aromatic N) is 3. The van der Waals surface area contributed by atoms with Crippen LogP contribution in [-0.2, 0) is 12.7 Å². The SMILES string of the molecule is CN=C(NCc1cn2c(C)cccc2n1)NC(C)c1cccc(C(F)(F)F)c1.I. The number of benzene rings is 1. The molecule has 2 heterocycles. The largest absolute Gasteiger partial charge is 0.416 e. The molecule has 3 aromatic rings. The van der Waals surface area contributed by atoms with Crippen molar-refractivity contribution in [3.8, 4) is 0 Å². The van der Waals surface area contributed by atoms with Crippen molar-refractivity contribution in [1.82, 2.24) is 20.0 Å². The van der Waals surface area contributed by atoms with Crippen LogP contribution < -0.4 is 10.6 Å². The van der Waals surface area contributed by atoms with Crippen LogP contribution in [0, 0.1) is 6.92 Å². The Morgan fingerprint density at radius 3 is 2.59 bits per heavy atom. The van der Waals surface area contributed by atoms with Gasteiger partial charge in [0, 0.05) is 18.9 Å². The van der Waals surface area contributed by atoms with Crippen LogP contribution in [0.2, 0.25) is 0 Å². The van der Waals surface area contributed by atoms with Crippen molar-refractivity contribution in [1.29, 1.82) is 0 Å². The number of imidazole rings is 1. The van der Waals surface area contributed by atoms with Crippen molar-refractivity contribution < 1.29 is 13.2 Å². The van der Waals surface area contributed by atoms with Gasteiger partial charge >= 0.3 is 6.18 Å². The molecule has 2 aromatic heterocycles. The first-order valence-electron chi connectivity index (χ1n) is 8.86. The van der Waals surface area contributed by atoms with Gasteiger partial charge in [-0.25, -0.2) is 4.98 Å². The summed E-state index contributed by atoms with van der Waals surface area (Å²) in [5.74, 6) is 0.485. The van der Waals surface area contributed by atoms with E-state index < -0.39 is 11.7 Å². The van der Waals surface area contributed by atoms with Crippen molar-refractivity contribution in [2.45, 2.75) is 32.6 Å². The monoisotopic (exact) mass is 517 g/mol. The number of nitrogens with one attached hydrogen (secondary N) is 2. The van der Waals surface area contributed by atoms with E-state index in [4.69, 9.17) is 0 Å². The summed E-state index contributed by atoms with van der Waals surface area (Å²) in [6.45, 7) is 4.23. The number of hydrogen-bond acceptors (Lipinski definition) is 2. The number of aliphatic imine (C=N–C) groups is 1. The van der Waals surface area contributed by atoms with Crippen molar-refractivity contribution in [3.05, 3.63) is 71.2 Å². The van der Waals surface area contributed by atoms with Gasteiger partial charge in [0.2, 0.25) is 0 Å². The van der Waals surface area contributed by atoms with Crippen LogP contribution in [0.5, 0.6) is 0 Å². The number of guanidine groups is 1. The highest BCUT2D eigenvalue weighted by atomic mass is 127. The predicted octanol–water partition coefficient (Wildman–Crippen LogP) is 4.71. The minimum Gasteiger partial charge on any atom is -0.351 e. The summed E-state index contributed by atoms with van der Waals surface area (Å²) < 4.78 is 40.8. The zero-order valence-corrected chi connectivity index (χ0v) is 18.6. The van der Waals surface area contributed by atoms with Crippen molar-refractivity contribution in [2.24, 2.45) is 4.99 Å². The van der Waals surface area contributed by atoms with E-state index in [0.29, 0.717) is 18.1 Å². The average molecular weight is 517 g/mol. The van der Waals surface area contributed by atoms with Gasteiger partial charge in [0.05, 0.1) is 23.8 Å². The van der Waals surface area contributed by atoms with Gasteiger partial charge in [-0.1, -0.05) is 18.2 Å². The molecule has 0 aliphatic heterocycles. The third kappa shape index (κ3) is 5.62. The van der Waals surface area contributed by atoms with E-state index in [-0.39, 0.29) is 30.0 Å². The summed E-state index contributed by atoms with van der Waals surface area (Å²) in [4.78, 5) is 8.70. The molecule has 0 radical (unpaired) electrons. The van der Waals surface area contributed by atoms with Crippen LogP contribution in [0.3, 0.4) is 0 Å². The zero-order valence-electron chi connectivity index (χ0n) is 16.3. The normalized spacial score (nSPS) is 13.1. The maximum Gasteiger partial charge on any atom is 0.416 e. The molecule has 156 valence electrons. The third-order valence-electron chi connectivity index (χ3n) is 4.47. The molecule has 9 heteroatoms. The molecule has 2 N–H and O–H groups in total. The maximum atomic E-state index is 12.9. The molecule has 3 rings (SSSR count). The minimum atomic E-state index is -4.36. The summed E-state index contributed by atoms with van der Waals surface area (Å²) in [5.41, 5.74) is 2.64. The van der Waals surface area contributed by atoms with E-state index in [1.807, 2.05) is 35.7 Å². The van der Waals surface area contributed by atoms with Gasteiger partial charge in [0.1, 0.15) is 5.65 Å². The van der Waals surface area contributed by atoms with Crippen LogP contribution in [0.4, 0.5) is 13.2 Å². The molecule has 0 saturated carbocycles. The minimum absolute atomic E-state index is 0. The van der Waals surface area contributed by atoms with Gasteiger partial charge in [0.15, 0.2) is 5.96 Å². The third-order valence-corrected chi connectivity index (χ3v) is 4.47. The Bertz CT molecular complexity index is 997. The Morgan fingerprint density at radius 2 is 1.93 bits per heavy atom. The first-order chi connectivity index (χ1) is 13.3. The lowest BCUT2D eigenvalue weighted by Crippen LogP contribution is -2.38. The fourth-order valence-corrected chi connectivity index (χ4v) is 2.93. The lowest BCUT2D eigenvalue weighted by molar-refractivity contribution is -0.137. The average Bonchev–Trinajstić information content (AvgIpc) is 3.09. The molecule has 1 unspecified atom stereocenters. The summed E-state index contributed by atoms with van der Waals surface area (Å²) >= 11 is 0. The highest BCUT2D eigenvalue weighted by Gasteiger charge is 2.30. The summed E-state index contributed by atoms with van der Waals surface area (Å²) in [5, 5.41) is 6.27. The van der Waals surface area contributed by atoms with Crippen molar-refractivity contribution in [2.75, 3.05) is 7.05 Å². The molecule has 0 aliphatic rings. The van der Waals surface area contributed by atoms with E-state index >= 15 is 0 Å². The molecule has 1 aromatic carbocycles. The second-order valence-corrected chi connectivity index (χ2v) is 6.54. The molecule has 0 amide bonds. The van der Waals surface area contributed by atoms with Gasteiger partial charge in [-0.15, -0.1) is 24.0 Å². The van der Waals surface area contributed by atoms with Gasteiger partial charge in [0.25, 0.3) is 0 Å². The summed E-state index contributed by atoms with van der Waals surface area (Å²) in [6.07, 6.45) is -2.42. The number of hydrogen-bond donors (Lipinski definition) is 2. The molecule has 5 nitrogen and oxygen atoms in total.